The van der Waals surface area contributed by atoms with Crippen molar-refractivity contribution in [3.63, 3.8) is 0 Å². The number of amides is 1. The maximum absolute atomic E-state index is 12.3. The zero-order valence-electron chi connectivity index (χ0n) is 12.7. The summed E-state index contributed by atoms with van der Waals surface area (Å²) in [6.45, 7) is 3.66. The first-order valence-corrected chi connectivity index (χ1v) is 8.31. The Bertz CT molecular complexity index is 863. The van der Waals surface area contributed by atoms with Gasteiger partial charge in [0.1, 0.15) is 5.75 Å². The van der Waals surface area contributed by atoms with E-state index in [9.17, 15) is 4.79 Å². The molecule has 6 heteroatoms. The number of rotatable bonds is 4. The molecule has 0 saturated heterocycles. The minimum atomic E-state index is -0.632. The fraction of sp³-hybridized carbons (Fsp3) is 0.176. The summed E-state index contributed by atoms with van der Waals surface area (Å²) in [5.74, 6) is 0.347. The Morgan fingerprint density at radius 1 is 1.30 bits per heavy atom. The van der Waals surface area contributed by atoms with E-state index >= 15 is 0 Å². The summed E-state index contributed by atoms with van der Waals surface area (Å²) in [5, 5.41) is 4.43. The molecule has 0 aliphatic rings. The van der Waals surface area contributed by atoms with Crippen LogP contribution in [0.5, 0.6) is 5.75 Å². The van der Waals surface area contributed by atoms with Crippen LogP contribution in [0.4, 0.5) is 5.69 Å². The van der Waals surface area contributed by atoms with Crippen LogP contribution in [-0.2, 0) is 4.79 Å². The molecule has 1 unspecified atom stereocenters. The molecule has 118 valence electrons. The molecule has 1 aromatic heterocycles. The van der Waals surface area contributed by atoms with Gasteiger partial charge in [-0.15, -0.1) is 11.3 Å². The smallest absolute Gasteiger partial charge is 0.265 e. The zero-order chi connectivity index (χ0) is 16.4. The number of thiazole rings is 1. The van der Waals surface area contributed by atoms with Crippen molar-refractivity contribution in [1.82, 2.24) is 4.98 Å². The molecular weight excluding hydrogens is 332 g/mol. The first kappa shape index (κ1) is 15.8. The number of aryl methyl sites for hydroxylation is 1. The third kappa shape index (κ3) is 3.81. The fourth-order valence-corrected chi connectivity index (χ4v) is 3.21. The molecule has 4 nitrogen and oxygen atoms in total. The molecular formula is C17H15ClN2O2S. The van der Waals surface area contributed by atoms with Gasteiger partial charge in [0.05, 0.1) is 15.2 Å². The molecule has 0 bridgehead atoms. The highest BCUT2D eigenvalue weighted by Gasteiger charge is 2.15. The van der Waals surface area contributed by atoms with E-state index in [4.69, 9.17) is 16.3 Å². The highest BCUT2D eigenvalue weighted by molar-refractivity contribution is 7.18. The Kier molecular flexibility index (Phi) is 4.50. The lowest BCUT2D eigenvalue weighted by Crippen LogP contribution is -2.30. The molecule has 0 aliphatic heterocycles. The van der Waals surface area contributed by atoms with E-state index in [1.165, 1.54) is 0 Å². The number of nitrogens with zero attached hydrogens (tertiary/aromatic N) is 1. The van der Waals surface area contributed by atoms with Gasteiger partial charge in [0, 0.05) is 10.7 Å². The lowest BCUT2D eigenvalue weighted by molar-refractivity contribution is -0.122. The molecule has 3 rings (SSSR count). The Balaban J connectivity index is 1.69. The van der Waals surface area contributed by atoms with Crippen molar-refractivity contribution in [2.45, 2.75) is 20.0 Å². The van der Waals surface area contributed by atoms with Gasteiger partial charge in [0.2, 0.25) is 0 Å². The highest BCUT2D eigenvalue weighted by Crippen LogP contribution is 2.25. The largest absolute Gasteiger partial charge is 0.481 e. The number of fused-ring (bicyclic) bond motifs is 1. The predicted octanol–water partition coefficient (Wildman–Crippen LogP) is 4.66. The number of benzene rings is 2. The predicted molar refractivity (Wildman–Crippen MR) is 94.5 cm³/mol. The van der Waals surface area contributed by atoms with Gasteiger partial charge in [0.25, 0.3) is 5.91 Å². The molecule has 23 heavy (non-hydrogen) atoms. The van der Waals surface area contributed by atoms with Crippen LogP contribution in [0.15, 0.2) is 42.5 Å². The molecule has 0 fully saturated rings. The van der Waals surface area contributed by atoms with Crippen LogP contribution in [0, 0.1) is 6.92 Å². The maximum Gasteiger partial charge on any atom is 0.265 e. The van der Waals surface area contributed by atoms with Crippen molar-refractivity contribution < 1.29 is 9.53 Å². The number of aromatic nitrogens is 1. The van der Waals surface area contributed by atoms with Crippen molar-refractivity contribution in [3.05, 3.63) is 52.5 Å². The van der Waals surface area contributed by atoms with Gasteiger partial charge >= 0.3 is 0 Å². The summed E-state index contributed by atoms with van der Waals surface area (Å²) in [6.07, 6.45) is -0.632. The van der Waals surface area contributed by atoms with Gasteiger partial charge in [-0.2, -0.15) is 0 Å². The Hall–Kier alpha value is -2.11. The summed E-state index contributed by atoms with van der Waals surface area (Å²) in [5.41, 5.74) is 1.67. The van der Waals surface area contributed by atoms with Gasteiger partial charge in [-0.1, -0.05) is 17.7 Å². The minimum absolute atomic E-state index is 0.217. The molecule has 0 spiro atoms. The topological polar surface area (TPSA) is 51.2 Å². The summed E-state index contributed by atoms with van der Waals surface area (Å²) in [6, 6.07) is 12.6. The standard InChI is InChI=1S/C17H15ClN2O2S/c1-10(22-14-5-3-4-12(18)8-14)17(21)20-13-6-7-15-16(9-13)23-11(2)19-15/h3-10H,1-2H3,(H,20,21). The molecule has 3 aromatic rings. The van der Waals surface area contributed by atoms with Crippen molar-refractivity contribution in [1.29, 1.82) is 0 Å². The van der Waals surface area contributed by atoms with Crippen LogP contribution >= 0.6 is 22.9 Å². The van der Waals surface area contributed by atoms with E-state index in [1.54, 1.807) is 42.5 Å². The second-order valence-corrected chi connectivity index (χ2v) is 6.79. The number of halogens is 1. The number of nitrogens with one attached hydrogen (secondary N) is 1. The van der Waals surface area contributed by atoms with Gasteiger partial charge in [-0.25, -0.2) is 4.98 Å². The van der Waals surface area contributed by atoms with Crippen LogP contribution < -0.4 is 10.1 Å². The van der Waals surface area contributed by atoms with E-state index in [0.29, 0.717) is 10.8 Å². The Morgan fingerprint density at radius 2 is 2.13 bits per heavy atom. The second kappa shape index (κ2) is 6.56. The summed E-state index contributed by atoms with van der Waals surface area (Å²) in [4.78, 5) is 16.7. The van der Waals surface area contributed by atoms with Gasteiger partial charge in [-0.05, 0) is 50.2 Å². The SMILES string of the molecule is Cc1nc2ccc(NC(=O)C(C)Oc3cccc(Cl)c3)cc2s1. The van der Waals surface area contributed by atoms with Crippen LogP contribution in [0.3, 0.4) is 0 Å². The van der Waals surface area contributed by atoms with E-state index in [1.807, 2.05) is 25.1 Å². The Labute approximate surface area is 143 Å². The number of carbonyl (C=O) groups excluding carboxylic acids is 1. The molecule has 0 aliphatic carbocycles. The van der Waals surface area contributed by atoms with Crippen molar-refractivity contribution in [3.8, 4) is 5.75 Å². The first-order valence-electron chi connectivity index (χ1n) is 7.11. The second-order valence-electron chi connectivity index (χ2n) is 5.12. The summed E-state index contributed by atoms with van der Waals surface area (Å²) >= 11 is 7.51. The quantitative estimate of drug-likeness (QED) is 0.747. The average Bonchev–Trinajstić information content (AvgIpc) is 2.86. The third-order valence-electron chi connectivity index (χ3n) is 3.24. The van der Waals surface area contributed by atoms with Crippen molar-refractivity contribution >= 4 is 44.7 Å². The number of carbonyl (C=O) groups is 1. The molecule has 1 amide bonds. The first-order chi connectivity index (χ1) is 11.0. The van der Waals surface area contributed by atoms with Crippen molar-refractivity contribution in [2.75, 3.05) is 5.32 Å². The normalized spacial score (nSPS) is 12.1. The number of hydrogen-bond acceptors (Lipinski definition) is 4. The summed E-state index contributed by atoms with van der Waals surface area (Å²) in [7, 11) is 0. The molecule has 1 atom stereocenters. The number of hydrogen-bond donors (Lipinski definition) is 1. The van der Waals surface area contributed by atoms with Gasteiger partial charge in [0.15, 0.2) is 6.10 Å². The fourth-order valence-electron chi connectivity index (χ4n) is 2.16. The average molecular weight is 347 g/mol. The van der Waals surface area contributed by atoms with E-state index in [-0.39, 0.29) is 5.91 Å². The summed E-state index contributed by atoms with van der Waals surface area (Å²) < 4.78 is 6.66. The van der Waals surface area contributed by atoms with Crippen LogP contribution in [0.25, 0.3) is 10.2 Å². The number of anilines is 1. The van der Waals surface area contributed by atoms with E-state index in [0.717, 1.165) is 20.9 Å². The lowest BCUT2D eigenvalue weighted by atomic mass is 10.2. The van der Waals surface area contributed by atoms with Crippen LogP contribution in [0.1, 0.15) is 11.9 Å². The highest BCUT2D eigenvalue weighted by atomic mass is 35.5. The van der Waals surface area contributed by atoms with Crippen molar-refractivity contribution in [2.24, 2.45) is 0 Å². The minimum Gasteiger partial charge on any atom is -0.481 e. The lowest BCUT2D eigenvalue weighted by Gasteiger charge is -2.15. The van der Waals surface area contributed by atoms with Crippen LogP contribution in [-0.4, -0.2) is 17.0 Å². The monoisotopic (exact) mass is 346 g/mol. The number of ether oxygens (including phenoxy) is 1. The maximum atomic E-state index is 12.3. The molecule has 0 saturated carbocycles. The van der Waals surface area contributed by atoms with Gasteiger partial charge in [-0.3, -0.25) is 4.79 Å². The molecule has 1 N–H and O–H groups in total. The van der Waals surface area contributed by atoms with E-state index < -0.39 is 6.10 Å². The molecule has 1 heterocycles. The Morgan fingerprint density at radius 3 is 2.91 bits per heavy atom. The van der Waals surface area contributed by atoms with Crippen LogP contribution in [0.2, 0.25) is 5.02 Å². The molecule has 0 radical (unpaired) electrons. The third-order valence-corrected chi connectivity index (χ3v) is 4.41. The van der Waals surface area contributed by atoms with E-state index in [2.05, 4.69) is 10.3 Å². The zero-order valence-corrected chi connectivity index (χ0v) is 14.2. The van der Waals surface area contributed by atoms with Gasteiger partial charge < -0.3 is 10.1 Å². The molecule has 2 aromatic carbocycles.